The molecule has 9 heteroatoms. The number of nitrogens with zero attached hydrogens (tertiary/aromatic N) is 1. The zero-order valence-corrected chi connectivity index (χ0v) is 23.1. The van der Waals surface area contributed by atoms with Crippen LogP contribution in [-0.2, 0) is 10.2 Å². The maximum absolute atomic E-state index is 14.9. The molecular weight excluding hydrogens is 530 g/mol. The first-order valence-corrected chi connectivity index (χ1v) is 13.6. The summed E-state index contributed by atoms with van der Waals surface area (Å²) < 4.78 is 36.7. The Bertz CT molecular complexity index is 1640. The number of phenols is 1. The lowest BCUT2D eigenvalue weighted by molar-refractivity contribution is 0.0696. The summed E-state index contributed by atoms with van der Waals surface area (Å²) in [5.74, 6) is -2.90. The monoisotopic (exact) mass is 562 g/mol. The Hall–Kier alpha value is -4.40. The lowest BCUT2D eigenvalue weighted by atomic mass is 9.84. The number of halogens is 2. The van der Waals surface area contributed by atoms with Crippen LogP contribution in [0.15, 0.2) is 54.6 Å². The van der Waals surface area contributed by atoms with Crippen molar-refractivity contribution in [3.63, 3.8) is 0 Å². The molecule has 3 N–H and O–H groups in total. The van der Waals surface area contributed by atoms with Crippen molar-refractivity contribution in [2.75, 3.05) is 6.61 Å². The smallest absolute Gasteiger partial charge is 0.407 e. The van der Waals surface area contributed by atoms with Gasteiger partial charge in [0.1, 0.15) is 12.4 Å². The molecule has 41 heavy (non-hydrogen) atoms. The summed E-state index contributed by atoms with van der Waals surface area (Å²) in [5.41, 5.74) is 2.08. The summed E-state index contributed by atoms with van der Waals surface area (Å²) in [6.07, 6.45) is 3.37. The fourth-order valence-corrected chi connectivity index (χ4v) is 5.67. The molecule has 1 saturated carbocycles. The lowest BCUT2D eigenvalue weighted by Gasteiger charge is -2.29. The van der Waals surface area contributed by atoms with Gasteiger partial charge in [0.25, 0.3) is 0 Å². The number of aromatic nitrogens is 1. The van der Waals surface area contributed by atoms with Gasteiger partial charge < -0.3 is 24.8 Å². The van der Waals surface area contributed by atoms with Crippen LogP contribution in [0.1, 0.15) is 61.1 Å². The van der Waals surface area contributed by atoms with Crippen molar-refractivity contribution >= 4 is 23.0 Å². The number of phenolic OH excluding ortho intramolecular Hbond substituents is 1. The normalized spacial score (nSPS) is 14.0. The number of nitrogens with one attached hydrogen (secondary N) is 1. The Morgan fingerprint density at radius 2 is 1.68 bits per heavy atom. The number of carbonyl (C=O) groups excluding carboxylic acids is 1. The molecule has 0 radical (unpaired) electrons. The summed E-state index contributed by atoms with van der Waals surface area (Å²) in [6, 6.07) is 13.4. The molecule has 1 aliphatic carbocycles. The van der Waals surface area contributed by atoms with Crippen molar-refractivity contribution in [2.45, 2.75) is 57.9 Å². The zero-order valence-electron chi connectivity index (χ0n) is 23.1. The van der Waals surface area contributed by atoms with E-state index < -0.39 is 34.9 Å². The maximum Gasteiger partial charge on any atom is 0.407 e. The molecule has 1 fully saturated rings. The number of carbonyl (C=O) groups is 2. The average Bonchev–Trinajstić information content (AvgIpc) is 3.58. The van der Waals surface area contributed by atoms with Gasteiger partial charge in [0, 0.05) is 28.4 Å². The summed E-state index contributed by atoms with van der Waals surface area (Å²) in [6.45, 7) is 5.29. The number of rotatable bonds is 7. The van der Waals surface area contributed by atoms with E-state index in [1.807, 2.05) is 13.8 Å². The van der Waals surface area contributed by atoms with Gasteiger partial charge >= 0.3 is 12.1 Å². The van der Waals surface area contributed by atoms with Crippen molar-refractivity contribution in [3.8, 4) is 22.6 Å². The molecule has 0 spiro atoms. The summed E-state index contributed by atoms with van der Waals surface area (Å²) >= 11 is 0. The van der Waals surface area contributed by atoms with Crippen LogP contribution in [0.5, 0.6) is 5.75 Å². The summed E-state index contributed by atoms with van der Waals surface area (Å²) in [5, 5.41) is 23.6. The molecule has 214 valence electrons. The first-order valence-electron chi connectivity index (χ1n) is 13.6. The highest BCUT2D eigenvalue weighted by atomic mass is 19.1. The molecule has 1 aliphatic rings. The standard InChI is InChI=1S/C32H32F2N2O5/c1-18-16-22(12-13-23(18)33)36-25-15-14-24(34)28(37)27(25)26(19-8-10-20(11-9-19)30(38)39)29(36)32(2,3)17-41-31(40)35-21-6-4-5-7-21/h8-16,21,37H,4-7,17H2,1-3H3,(H,35,40)(H,38,39). The van der Waals surface area contributed by atoms with Crippen LogP contribution in [-0.4, -0.2) is 39.5 Å². The van der Waals surface area contributed by atoms with Crippen LogP contribution < -0.4 is 5.32 Å². The molecule has 1 heterocycles. The zero-order chi connectivity index (χ0) is 29.5. The van der Waals surface area contributed by atoms with Gasteiger partial charge in [-0.1, -0.05) is 38.8 Å². The minimum atomic E-state index is -1.10. The van der Waals surface area contributed by atoms with E-state index in [4.69, 9.17) is 4.74 Å². The number of aryl methyl sites for hydroxylation is 1. The molecule has 1 aromatic heterocycles. The molecule has 0 aliphatic heterocycles. The second-order valence-electron chi connectivity index (χ2n) is 11.3. The number of aromatic hydroxyl groups is 1. The van der Waals surface area contributed by atoms with E-state index in [-0.39, 0.29) is 23.6 Å². The predicted molar refractivity (Wildman–Crippen MR) is 152 cm³/mol. The van der Waals surface area contributed by atoms with Crippen LogP contribution in [0.4, 0.5) is 13.6 Å². The third-order valence-corrected chi connectivity index (χ3v) is 7.76. The fraction of sp³-hybridized carbons (Fsp3) is 0.312. The number of carboxylic acids is 1. The third kappa shape index (κ3) is 5.36. The van der Waals surface area contributed by atoms with Crippen molar-refractivity contribution in [3.05, 3.63) is 83.1 Å². The van der Waals surface area contributed by atoms with Gasteiger partial charge in [0.05, 0.1) is 16.5 Å². The number of hydrogen-bond acceptors (Lipinski definition) is 4. The maximum atomic E-state index is 14.9. The summed E-state index contributed by atoms with van der Waals surface area (Å²) in [4.78, 5) is 24.2. The van der Waals surface area contributed by atoms with E-state index in [9.17, 15) is 28.6 Å². The highest BCUT2D eigenvalue weighted by Crippen LogP contribution is 2.47. The fourth-order valence-electron chi connectivity index (χ4n) is 5.67. The van der Waals surface area contributed by atoms with Crippen molar-refractivity contribution in [1.82, 2.24) is 9.88 Å². The van der Waals surface area contributed by atoms with E-state index >= 15 is 0 Å². The molecule has 5 rings (SSSR count). The molecule has 0 atom stereocenters. The predicted octanol–water partition coefficient (Wildman–Crippen LogP) is 7.23. The molecule has 0 unspecified atom stereocenters. The molecule has 3 aromatic carbocycles. The Morgan fingerprint density at radius 1 is 1.02 bits per heavy atom. The van der Waals surface area contributed by atoms with Crippen LogP contribution >= 0.6 is 0 Å². The largest absolute Gasteiger partial charge is 0.504 e. The van der Waals surface area contributed by atoms with E-state index in [1.165, 1.54) is 24.3 Å². The minimum absolute atomic E-state index is 0.0640. The molecular formula is C32H32F2N2O5. The number of hydrogen-bond donors (Lipinski definition) is 3. The van der Waals surface area contributed by atoms with Gasteiger partial charge in [-0.25, -0.2) is 18.4 Å². The van der Waals surface area contributed by atoms with Crippen LogP contribution in [0.25, 0.3) is 27.7 Å². The van der Waals surface area contributed by atoms with Gasteiger partial charge in [-0.2, -0.15) is 0 Å². The first-order chi connectivity index (χ1) is 19.5. The van der Waals surface area contributed by atoms with E-state index in [1.54, 1.807) is 35.8 Å². The Labute approximate surface area is 236 Å². The minimum Gasteiger partial charge on any atom is -0.504 e. The molecule has 1 amide bonds. The second kappa shape index (κ2) is 10.9. The molecule has 7 nitrogen and oxygen atoms in total. The van der Waals surface area contributed by atoms with Gasteiger partial charge in [-0.15, -0.1) is 0 Å². The number of alkyl carbamates (subject to hydrolysis) is 1. The number of ether oxygens (including phenoxy) is 1. The van der Waals surface area contributed by atoms with E-state index in [0.717, 1.165) is 31.7 Å². The highest BCUT2D eigenvalue weighted by Gasteiger charge is 2.35. The van der Waals surface area contributed by atoms with Gasteiger partial charge in [-0.3, -0.25) is 0 Å². The third-order valence-electron chi connectivity index (χ3n) is 7.76. The van der Waals surface area contributed by atoms with Gasteiger partial charge in [0.2, 0.25) is 0 Å². The van der Waals surface area contributed by atoms with Crippen molar-refractivity contribution in [1.29, 1.82) is 0 Å². The Morgan fingerprint density at radius 3 is 2.32 bits per heavy atom. The Kier molecular flexibility index (Phi) is 7.46. The summed E-state index contributed by atoms with van der Waals surface area (Å²) in [7, 11) is 0. The van der Waals surface area contributed by atoms with Crippen LogP contribution in [0.3, 0.4) is 0 Å². The van der Waals surface area contributed by atoms with E-state index in [0.29, 0.717) is 33.6 Å². The number of amides is 1. The lowest BCUT2D eigenvalue weighted by Crippen LogP contribution is -2.37. The molecule has 4 aromatic rings. The second-order valence-corrected chi connectivity index (χ2v) is 11.3. The van der Waals surface area contributed by atoms with Crippen molar-refractivity contribution in [2.24, 2.45) is 0 Å². The number of fused-ring (bicyclic) bond motifs is 1. The number of benzene rings is 3. The van der Waals surface area contributed by atoms with E-state index in [2.05, 4.69) is 5.32 Å². The first kappa shape index (κ1) is 28.1. The van der Waals surface area contributed by atoms with Gasteiger partial charge in [-0.05, 0) is 73.4 Å². The average molecular weight is 563 g/mol. The highest BCUT2D eigenvalue weighted by molar-refractivity contribution is 6.04. The topological polar surface area (TPSA) is 101 Å². The Balaban J connectivity index is 1.73. The number of carboxylic acid groups (broad SMARTS) is 1. The number of aromatic carboxylic acids is 1. The van der Waals surface area contributed by atoms with Crippen LogP contribution in [0.2, 0.25) is 0 Å². The van der Waals surface area contributed by atoms with Gasteiger partial charge in [0.15, 0.2) is 11.6 Å². The quantitative estimate of drug-likeness (QED) is 0.221. The SMILES string of the molecule is Cc1cc(-n2c(C(C)(C)COC(=O)NC3CCCC3)c(-c3ccc(C(=O)O)cc3)c3c(O)c(F)ccc32)ccc1F. The molecule has 0 bridgehead atoms. The van der Waals surface area contributed by atoms with Crippen molar-refractivity contribution < 1.29 is 33.3 Å². The van der Waals surface area contributed by atoms with Crippen LogP contribution in [0, 0.1) is 18.6 Å². The molecule has 0 saturated heterocycles.